The summed E-state index contributed by atoms with van der Waals surface area (Å²) < 4.78 is 6.17. The van der Waals surface area contributed by atoms with Crippen molar-refractivity contribution in [3.8, 4) is 0 Å². The molecule has 0 atom stereocenters. The van der Waals surface area contributed by atoms with Crippen LogP contribution in [-0.2, 0) is 11.2 Å². The normalized spacial score (nSPS) is 18.3. The summed E-state index contributed by atoms with van der Waals surface area (Å²) in [6.07, 6.45) is 3.00. The van der Waals surface area contributed by atoms with Gasteiger partial charge in [-0.2, -0.15) is 0 Å². The Morgan fingerprint density at radius 1 is 1.47 bits per heavy atom. The maximum absolute atomic E-state index is 5.58. The summed E-state index contributed by atoms with van der Waals surface area (Å²) in [7, 11) is 0. The zero-order chi connectivity index (χ0) is 10.7. The molecule has 84 valence electrons. The molecule has 3 N–H and O–H groups in total. The minimum atomic E-state index is 0.530. The highest BCUT2D eigenvalue weighted by Crippen LogP contribution is 2.29. The Labute approximate surface area is 97.7 Å². The molecule has 0 unspecified atom stereocenters. The van der Waals surface area contributed by atoms with Gasteiger partial charge in [0, 0.05) is 31.2 Å². The Hall–Kier alpha value is -0.390. The average Bonchev–Trinajstić information content (AvgIpc) is 2.62. The van der Waals surface area contributed by atoms with Gasteiger partial charge >= 0.3 is 0 Å². The largest absolute Gasteiger partial charge is 0.381 e. The minimum Gasteiger partial charge on any atom is -0.381 e. The zero-order valence-electron chi connectivity index (χ0n) is 8.63. The lowest BCUT2D eigenvalue weighted by Crippen LogP contribution is -2.16. The Bertz CT molecular complexity index is 320. The molecule has 0 aliphatic carbocycles. The number of H-pyrrole nitrogens is 1. The first-order chi connectivity index (χ1) is 7.31. The van der Waals surface area contributed by atoms with Crippen molar-refractivity contribution in [1.29, 1.82) is 0 Å². The molecule has 1 saturated heterocycles. The van der Waals surface area contributed by atoms with Gasteiger partial charge in [-0.1, -0.05) is 0 Å². The molecular weight excluding hydrogens is 258 g/mol. The zero-order valence-corrected chi connectivity index (χ0v) is 10.2. The maximum atomic E-state index is 5.58. The van der Waals surface area contributed by atoms with Crippen molar-refractivity contribution in [2.24, 2.45) is 5.73 Å². The summed E-state index contributed by atoms with van der Waals surface area (Å²) in [4.78, 5) is 7.73. The van der Waals surface area contributed by atoms with E-state index in [-0.39, 0.29) is 0 Å². The first kappa shape index (κ1) is 11.1. The van der Waals surface area contributed by atoms with E-state index in [4.69, 9.17) is 10.5 Å². The highest BCUT2D eigenvalue weighted by molar-refractivity contribution is 9.10. The van der Waals surface area contributed by atoms with E-state index >= 15 is 0 Å². The van der Waals surface area contributed by atoms with Crippen LogP contribution in [0.3, 0.4) is 0 Å². The fourth-order valence-electron chi connectivity index (χ4n) is 2.03. The van der Waals surface area contributed by atoms with E-state index in [1.54, 1.807) is 0 Å². The molecule has 1 aliphatic rings. The van der Waals surface area contributed by atoms with Gasteiger partial charge in [0.1, 0.15) is 0 Å². The van der Waals surface area contributed by atoms with Crippen LogP contribution in [0, 0.1) is 0 Å². The monoisotopic (exact) mass is 273 g/mol. The van der Waals surface area contributed by atoms with Crippen molar-refractivity contribution in [2.75, 3.05) is 19.8 Å². The molecule has 1 aromatic heterocycles. The van der Waals surface area contributed by atoms with Crippen molar-refractivity contribution >= 4 is 15.9 Å². The lowest BCUT2D eigenvalue weighted by Gasteiger charge is -2.21. The standard InChI is InChI=1S/C10H16BrN3O/c11-10-13-8(1-4-12)9(14-10)7-2-5-15-6-3-7/h7H,1-6,12H2,(H,13,14). The predicted octanol–water partition coefficient (Wildman–Crippen LogP) is 1.57. The predicted molar refractivity (Wildman–Crippen MR) is 61.8 cm³/mol. The summed E-state index contributed by atoms with van der Waals surface area (Å²) >= 11 is 3.38. The van der Waals surface area contributed by atoms with Gasteiger partial charge in [-0.05, 0) is 35.3 Å². The number of aromatic nitrogens is 2. The second-order valence-electron chi connectivity index (χ2n) is 3.82. The van der Waals surface area contributed by atoms with E-state index in [1.807, 2.05) is 0 Å². The summed E-state index contributed by atoms with van der Waals surface area (Å²) in [6, 6.07) is 0. The fraction of sp³-hybridized carbons (Fsp3) is 0.700. The molecule has 0 radical (unpaired) electrons. The number of hydrogen-bond acceptors (Lipinski definition) is 3. The van der Waals surface area contributed by atoms with Crippen LogP contribution in [0.25, 0.3) is 0 Å². The van der Waals surface area contributed by atoms with Crippen molar-refractivity contribution in [2.45, 2.75) is 25.2 Å². The van der Waals surface area contributed by atoms with Crippen molar-refractivity contribution < 1.29 is 4.74 Å². The van der Waals surface area contributed by atoms with Crippen molar-refractivity contribution in [3.63, 3.8) is 0 Å². The quantitative estimate of drug-likeness (QED) is 0.879. The molecule has 0 bridgehead atoms. The Morgan fingerprint density at radius 3 is 2.87 bits per heavy atom. The van der Waals surface area contributed by atoms with Gasteiger partial charge in [-0.15, -0.1) is 0 Å². The Balaban J connectivity index is 2.17. The van der Waals surface area contributed by atoms with Gasteiger partial charge in [0.05, 0.1) is 5.69 Å². The lowest BCUT2D eigenvalue weighted by atomic mass is 9.94. The number of nitrogens with two attached hydrogens (primary N) is 1. The molecule has 2 heterocycles. The van der Waals surface area contributed by atoms with Gasteiger partial charge in [-0.3, -0.25) is 0 Å². The number of nitrogens with one attached hydrogen (secondary N) is 1. The molecule has 4 nitrogen and oxygen atoms in total. The molecule has 0 saturated carbocycles. The second-order valence-corrected chi connectivity index (χ2v) is 4.57. The van der Waals surface area contributed by atoms with E-state index in [0.29, 0.717) is 12.5 Å². The fourth-order valence-corrected chi connectivity index (χ4v) is 2.46. The number of halogens is 1. The maximum Gasteiger partial charge on any atom is 0.174 e. The second kappa shape index (κ2) is 5.09. The molecule has 1 aromatic rings. The summed E-state index contributed by atoms with van der Waals surface area (Å²) in [6.45, 7) is 2.35. The number of imidazole rings is 1. The number of nitrogens with zero attached hydrogens (tertiary/aromatic N) is 1. The third-order valence-corrected chi connectivity index (χ3v) is 3.16. The first-order valence-corrected chi connectivity index (χ1v) is 6.12. The van der Waals surface area contributed by atoms with Crippen LogP contribution >= 0.6 is 15.9 Å². The van der Waals surface area contributed by atoms with Gasteiger partial charge in [-0.25, -0.2) is 4.98 Å². The third-order valence-electron chi connectivity index (χ3n) is 2.78. The molecule has 1 fully saturated rings. The highest BCUT2D eigenvalue weighted by atomic mass is 79.9. The average molecular weight is 274 g/mol. The van der Waals surface area contributed by atoms with Crippen LogP contribution in [0.2, 0.25) is 0 Å². The van der Waals surface area contributed by atoms with Crippen LogP contribution in [0.4, 0.5) is 0 Å². The van der Waals surface area contributed by atoms with Crippen LogP contribution < -0.4 is 5.73 Å². The number of ether oxygens (including phenoxy) is 1. The highest BCUT2D eigenvalue weighted by Gasteiger charge is 2.21. The summed E-state index contributed by atoms with van der Waals surface area (Å²) in [5, 5.41) is 0. The molecule has 0 spiro atoms. The van der Waals surface area contributed by atoms with E-state index in [2.05, 4.69) is 25.9 Å². The SMILES string of the molecule is NCCc1[nH]c(Br)nc1C1CCOCC1. The molecule has 2 rings (SSSR count). The molecular formula is C10H16BrN3O. The van der Waals surface area contributed by atoms with E-state index in [1.165, 1.54) is 11.4 Å². The first-order valence-electron chi connectivity index (χ1n) is 5.33. The molecule has 1 aliphatic heterocycles. The van der Waals surface area contributed by atoms with Crippen LogP contribution in [0.15, 0.2) is 4.73 Å². The molecule has 5 heteroatoms. The van der Waals surface area contributed by atoms with Gasteiger partial charge < -0.3 is 15.5 Å². The van der Waals surface area contributed by atoms with E-state index < -0.39 is 0 Å². The number of rotatable bonds is 3. The van der Waals surface area contributed by atoms with Gasteiger partial charge in [0.25, 0.3) is 0 Å². The van der Waals surface area contributed by atoms with E-state index in [9.17, 15) is 0 Å². The third kappa shape index (κ3) is 2.59. The van der Waals surface area contributed by atoms with Crippen molar-refractivity contribution in [1.82, 2.24) is 9.97 Å². The summed E-state index contributed by atoms with van der Waals surface area (Å²) in [5.74, 6) is 0.530. The van der Waals surface area contributed by atoms with Gasteiger partial charge in [0.15, 0.2) is 4.73 Å². The Morgan fingerprint density at radius 2 is 2.20 bits per heavy atom. The molecule has 15 heavy (non-hydrogen) atoms. The summed E-state index contributed by atoms with van der Waals surface area (Å²) in [5.41, 5.74) is 7.93. The molecule has 0 aromatic carbocycles. The van der Waals surface area contributed by atoms with Gasteiger partial charge in [0.2, 0.25) is 0 Å². The number of hydrogen-bond donors (Lipinski definition) is 2. The van der Waals surface area contributed by atoms with Crippen LogP contribution in [0.1, 0.15) is 30.1 Å². The minimum absolute atomic E-state index is 0.530. The smallest absolute Gasteiger partial charge is 0.174 e. The van der Waals surface area contributed by atoms with E-state index in [0.717, 1.165) is 37.2 Å². The topological polar surface area (TPSA) is 63.9 Å². The van der Waals surface area contributed by atoms with Crippen LogP contribution in [-0.4, -0.2) is 29.7 Å². The number of aromatic amines is 1. The molecule has 0 amide bonds. The van der Waals surface area contributed by atoms with Crippen molar-refractivity contribution in [3.05, 3.63) is 16.1 Å². The lowest BCUT2D eigenvalue weighted by molar-refractivity contribution is 0.0844. The van der Waals surface area contributed by atoms with Crippen LogP contribution in [0.5, 0.6) is 0 Å². The Kier molecular flexibility index (Phi) is 3.77.